The van der Waals surface area contributed by atoms with Crippen molar-refractivity contribution in [1.82, 2.24) is 4.90 Å². The van der Waals surface area contributed by atoms with Crippen molar-refractivity contribution in [3.8, 4) is 11.5 Å². The predicted octanol–water partition coefficient (Wildman–Crippen LogP) is 4.72. The van der Waals surface area contributed by atoms with E-state index in [0.29, 0.717) is 25.1 Å². The molecule has 5 nitrogen and oxygen atoms in total. The quantitative estimate of drug-likeness (QED) is 0.614. The smallest absolute Gasteiger partial charge is 0.257 e. The van der Waals surface area contributed by atoms with Crippen molar-refractivity contribution >= 4 is 5.91 Å². The van der Waals surface area contributed by atoms with Crippen LogP contribution in [-0.2, 0) is 6.54 Å². The molecular formula is C23H31NO4. The number of benzene rings is 2. The molecule has 1 atom stereocenters. The third kappa shape index (κ3) is 5.04. The Hall–Kier alpha value is -2.53. The number of aliphatic hydroxyl groups is 1. The number of hydrogen-bond donors (Lipinski definition) is 3. The van der Waals surface area contributed by atoms with E-state index < -0.39 is 6.10 Å². The van der Waals surface area contributed by atoms with E-state index in [9.17, 15) is 20.1 Å². The van der Waals surface area contributed by atoms with Gasteiger partial charge in [0.2, 0.25) is 0 Å². The number of aromatic hydroxyl groups is 2. The lowest BCUT2D eigenvalue weighted by Crippen LogP contribution is -2.31. The maximum Gasteiger partial charge on any atom is 0.257 e. The Morgan fingerprint density at radius 2 is 1.79 bits per heavy atom. The van der Waals surface area contributed by atoms with Gasteiger partial charge in [0.1, 0.15) is 11.5 Å². The van der Waals surface area contributed by atoms with Crippen LogP contribution in [-0.4, -0.2) is 32.7 Å². The van der Waals surface area contributed by atoms with Crippen LogP contribution in [0.15, 0.2) is 36.4 Å². The van der Waals surface area contributed by atoms with Gasteiger partial charge < -0.3 is 20.2 Å². The highest BCUT2D eigenvalue weighted by atomic mass is 16.3. The number of aliphatic hydroxyl groups excluding tert-OH is 1. The first-order valence-electron chi connectivity index (χ1n) is 9.90. The number of carbonyl (C=O) groups excluding carboxylic acids is 1. The summed E-state index contributed by atoms with van der Waals surface area (Å²) in [5.41, 5.74) is 2.58. The number of amides is 1. The van der Waals surface area contributed by atoms with Crippen molar-refractivity contribution < 1.29 is 20.1 Å². The summed E-state index contributed by atoms with van der Waals surface area (Å²) in [4.78, 5) is 14.8. The highest BCUT2D eigenvalue weighted by molar-refractivity contribution is 5.97. The second-order valence-electron chi connectivity index (χ2n) is 7.48. The van der Waals surface area contributed by atoms with Crippen LogP contribution in [0.25, 0.3) is 0 Å². The van der Waals surface area contributed by atoms with E-state index in [1.807, 2.05) is 52.0 Å². The zero-order chi connectivity index (χ0) is 20.8. The molecule has 3 N–H and O–H groups in total. The zero-order valence-electron chi connectivity index (χ0n) is 17.1. The van der Waals surface area contributed by atoms with E-state index in [4.69, 9.17) is 0 Å². The van der Waals surface area contributed by atoms with Crippen LogP contribution < -0.4 is 0 Å². The molecule has 0 saturated carbocycles. The van der Waals surface area contributed by atoms with Crippen molar-refractivity contribution in [3.05, 3.63) is 58.7 Å². The Labute approximate surface area is 167 Å². The molecule has 0 aliphatic carbocycles. The minimum Gasteiger partial charge on any atom is -0.508 e. The first kappa shape index (κ1) is 21.8. The third-order valence-electron chi connectivity index (χ3n) is 4.87. The summed E-state index contributed by atoms with van der Waals surface area (Å²) in [7, 11) is 0. The molecule has 2 aromatic carbocycles. The van der Waals surface area contributed by atoms with Gasteiger partial charge in [-0.05, 0) is 41.5 Å². The Morgan fingerprint density at radius 1 is 1.07 bits per heavy atom. The number of rotatable bonds is 8. The van der Waals surface area contributed by atoms with Crippen molar-refractivity contribution in [2.75, 3.05) is 6.54 Å². The van der Waals surface area contributed by atoms with E-state index in [1.54, 1.807) is 11.0 Å². The minimum absolute atomic E-state index is 0.00709. The fraction of sp³-hybridized carbons (Fsp3) is 0.435. The number of carbonyl (C=O) groups is 1. The van der Waals surface area contributed by atoms with Crippen molar-refractivity contribution in [2.45, 2.75) is 59.1 Å². The monoisotopic (exact) mass is 385 g/mol. The Bertz CT molecular complexity index is 816. The molecule has 0 aliphatic heterocycles. The molecule has 0 aromatic heterocycles. The molecule has 0 bridgehead atoms. The predicted molar refractivity (Wildman–Crippen MR) is 111 cm³/mol. The second kappa shape index (κ2) is 9.60. The molecule has 0 aliphatic rings. The van der Waals surface area contributed by atoms with Crippen LogP contribution in [0.4, 0.5) is 0 Å². The van der Waals surface area contributed by atoms with Gasteiger partial charge in [0.25, 0.3) is 5.91 Å². The lowest BCUT2D eigenvalue weighted by molar-refractivity contribution is 0.0740. The summed E-state index contributed by atoms with van der Waals surface area (Å²) in [6.45, 7) is 8.69. The van der Waals surface area contributed by atoms with E-state index in [-0.39, 0.29) is 28.9 Å². The number of phenolic OH excluding ortho intramolecular Hbond substituents is 2. The molecular weight excluding hydrogens is 354 g/mol. The molecule has 1 amide bonds. The SMILES string of the molecule is CCCN(Cc1cccc(C(O)CC)c1)C(=O)c1cc(C(C)C)c(O)cc1O. The standard InChI is InChI=1S/C23H31NO4/c1-5-10-24(14-16-8-7-9-17(11-16)20(25)6-2)23(28)19-12-18(15(3)4)21(26)13-22(19)27/h7-9,11-13,15,20,25-27H,5-6,10,14H2,1-4H3. The minimum atomic E-state index is -0.523. The van der Waals surface area contributed by atoms with E-state index in [2.05, 4.69) is 0 Å². The highest BCUT2D eigenvalue weighted by Crippen LogP contribution is 2.33. The average molecular weight is 386 g/mol. The van der Waals surface area contributed by atoms with Gasteiger partial charge in [-0.15, -0.1) is 0 Å². The van der Waals surface area contributed by atoms with Gasteiger partial charge in [-0.2, -0.15) is 0 Å². The average Bonchev–Trinajstić information content (AvgIpc) is 2.66. The summed E-state index contributed by atoms with van der Waals surface area (Å²) in [6, 6.07) is 10.4. The summed E-state index contributed by atoms with van der Waals surface area (Å²) in [5, 5.41) is 30.4. The van der Waals surface area contributed by atoms with E-state index in [1.165, 1.54) is 6.07 Å². The van der Waals surface area contributed by atoms with Gasteiger partial charge in [-0.3, -0.25) is 4.79 Å². The Morgan fingerprint density at radius 3 is 2.39 bits per heavy atom. The van der Waals surface area contributed by atoms with Crippen LogP contribution in [0, 0.1) is 0 Å². The first-order valence-corrected chi connectivity index (χ1v) is 9.90. The first-order chi connectivity index (χ1) is 13.3. The van der Waals surface area contributed by atoms with Crippen LogP contribution >= 0.6 is 0 Å². The van der Waals surface area contributed by atoms with Crippen molar-refractivity contribution in [1.29, 1.82) is 0 Å². The zero-order valence-corrected chi connectivity index (χ0v) is 17.1. The van der Waals surface area contributed by atoms with Crippen LogP contribution in [0.1, 0.15) is 79.6 Å². The van der Waals surface area contributed by atoms with Crippen LogP contribution in [0.5, 0.6) is 11.5 Å². The molecule has 0 spiro atoms. The summed E-state index contributed by atoms with van der Waals surface area (Å²) < 4.78 is 0. The van der Waals surface area contributed by atoms with Gasteiger partial charge in [-0.1, -0.05) is 52.0 Å². The van der Waals surface area contributed by atoms with Crippen molar-refractivity contribution in [2.24, 2.45) is 0 Å². The summed E-state index contributed by atoms with van der Waals surface area (Å²) in [6.07, 6.45) is 0.879. The summed E-state index contributed by atoms with van der Waals surface area (Å²) in [5.74, 6) is -0.475. The molecule has 0 heterocycles. The topological polar surface area (TPSA) is 81.0 Å². The molecule has 152 valence electrons. The van der Waals surface area contributed by atoms with Crippen LogP contribution in [0.2, 0.25) is 0 Å². The molecule has 28 heavy (non-hydrogen) atoms. The second-order valence-corrected chi connectivity index (χ2v) is 7.48. The maximum absolute atomic E-state index is 13.2. The van der Waals surface area contributed by atoms with Gasteiger partial charge in [0.15, 0.2) is 0 Å². The normalized spacial score (nSPS) is 12.2. The van der Waals surface area contributed by atoms with E-state index in [0.717, 1.165) is 17.5 Å². The fourth-order valence-electron chi connectivity index (χ4n) is 3.28. The van der Waals surface area contributed by atoms with Crippen LogP contribution in [0.3, 0.4) is 0 Å². The number of phenols is 2. The van der Waals surface area contributed by atoms with Gasteiger partial charge in [0, 0.05) is 19.2 Å². The third-order valence-corrected chi connectivity index (χ3v) is 4.87. The fourth-order valence-corrected chi connectivity index (χ4v) is 3.28. The molecule has 0 fully saturated rings. The lowest BCUT2D eigenvalue weighted by Gasteiger charge is -2.24. The highest BCUT2D eigenvalue weighted by Gasteiger charge is 2.22. The molecule has 0 saturated heterocycles. The Kier molecular flexibility index (Phi) is 7.46. The maximum atomic E-state index is 13.2. The molecule has 5 heteroatoms. The van der Waals surface area contributed by atoms with Gasteiger partial charge >= 0.3 is 0 Å². The van der Waals surface area contributed by atoms with Gasteiger partial charge in [0.05, 0.1) is 11.7 Å². The molecule has 0 radical (unpaired) electrons. The molecule has 2 rings (SSSR count). The van der Waals surface area contributed by atoms with Crippen molar-refractivity contribution in [3.63, 3.8) is 0 Å². The molecule has 1 unspecified atom stereocenters. The van der Waals surface area contributed by atoms with Gasteiger partial charge in [-0.25, -0.2) is 0 Å². The molecule has 2 aromatic rings. The Balaban J connectivity index is 2.34. The number of hydrogen-bond acceptors (Lipinski definition) is 4. The largest absolute Gasteiger partial charge is 0.508 e. The lowest BCUT2D eigenvalue weighted by atomic mass is 9.98. The number of nitrogens with zero attached hydrogens (tertiary/aromatic N) is 1. The van der Waals surface area contributed by atoms with E-state index >= 15 is 0 Å². The summed E-state index contributed by atoms with van der Waals surface area (Å²) >= 11 is 0.